The maximum absolute atomic E-state index is 14.2. The van der Waals surface area contributed by atoms with E-state index in [0.717, 1.165) is 36.2 Å². The average Bonchev–Trinajstić information content (AvgIpc) is 2.84. The molecule has 2 fully saturated rings. The average molecular weight is 460 g/mol. The number of amides is 2. The van der Waals surface area contributed by atoms with Gasteiger partial charge in [0.2, 0.25) is 0 Å². The Hall–Kier alpha value is -3.22. The van der Waals surface area contributed by atoms with Gasteiger partial charge in [0.25, 0.3) is 0 Å². The Labute approximate surface area is 199 Å². The summed E-state index contributed by atoms with van der Waals surface area (Å²) in [4.78, 5) is 17.3. The molecule has 2 aliphatic rings. The molecule has 5 rings (SSSR count). The second-order valence-corrected chi connectivity index (χ2v) is 9.13. The van der Waals surface area contributed by atoms with Gasteiger partial charge in [-0.05, 0) is 48.7 Å². The van der Waals surface area contributed by atoms with Crippen LogP contribution in [0.25, 0.3) is 11.1 Å². The standard InChI is InChI=1S/C28H30FN3O2/c29-24-11-5-4-10-23(24)20-12-14-21(15-13-20)27-25-18-31(16-6-7-17-32(25)26(27)19-33)28(34)30-22-8-2-1-3-9-22/h1-5,8-15,25-27,33H,6-7,16-19H2,(H,30,34)/t25-,26-,27+/m0/s1. The summed E-state index contributed by atoms with van der Waals surface area (Å²) in [5.41, 5.74) is 3.32. The molecular formula is C28H30FN3O2. The molecule has 3 aromatic carbocycles. The number of carbonyl (C=O) groups excluding carboxylic acids is 1. The molecule has 3 atom stereocenters. The smallest absolute Gasteiger partial charge is 0.321 e. The van der Waals surface area contributed by atoms with Gasteiger partial charge >= 0.3 is 6.03 Å². The minimum absolute atomic E-state index is 0.0291. The highest BCUT2D eigenvalue weighted by atomic mass is 19.1. The van der Waals surface area contributed by atoms with Crippen molar-refractivity contribution >= 4 is 11.7 Å². The fraction of sp³-hybridized carbons (Fsp3) is 0.321. The normalized spacial score (nSPS) is 22.8. The number of halogens is 1. The van der Waals surface area contributed by atoms with Crippen LogP contribution >= 0.6 is 0 Å². The van der Waals surface area contributed by atoms with Crippen LogP contribution in [-0.2, 0) is 0 Å². The van der Waals surface area contributed by atoms with E-state index in [1.807, 2.05) is 65.6 Å². The summed E-state index contributed by atoms with van der Waals surface area (Å²) < 4.78 is 14.2. The molecule has 0 aromatic heterocycles. The highest BCUT2D eigenvalue weighted by Gasteiger charge is 2.49. The van der Waals surface area contributed by atoms with Crippen molar-refractivity contribution in [3.63, 3.8) is 0 Å². The zero-order chi connectivity index (χ0) is 23.5. The second-order valence-electron chi connectivity index (χ2n) is 9.13. The molecule has 0 saturated carbocycles. The topological polar surface area (TPSA) is 55.8 Å². The van der Waals surface area contributed by atoms with Gasteiger partial charge in [-0.1, -0.05) is 60.7 Å². The molecule has 0 unspecified atom stereocenters. The number of fused-ring (bicyclic) bond motifs is 1. The Morgan fingerprint density at radius 1 is 0.941 bits per heavy atom. The van der Waals surface area contributed by atoms with E-state index in [0.29, 0.717) is 18.7 Å². The number of benzene rings is 3. The summed E-state index contributed by atoms with van der Waals surface area (Å²) >= 11 is 0. The Morgan fingerprint density at radius 3 is 2.38 bits per heavy atom. The summed E-state index contributed by atoms with van der Waals surface area (Å²) in [7, 11) is 0. The largest absolute Gasteiger partial charge is 0.395 e. The number of nitrogens with one attached hydrogen (secondary N) is 1. The van der Waals surface area contributed by atoms with Crippen LogP contribution in [0, 0.1) is 5.82 Å². The Morgan fingerprint density at radius 2 is 1.65 bits per heavy atom. The van der Waals surface area contributed by atoms with E-state index in [-0.39, 0.29) is 36.5 Å². The molecule has 2 N–H and O–H groups in total. The van der Waals surface area contributed by atoms with Gasteiger partial charge < -0.3 is 15.3 Å². The number of para-hydroxylation sites is 1. The SMILES string of the molecule is O=C(Nc1ccccc1)N1CCCCN2[C@@H](CO)[C@H](c3ccc(-c4ccccc4F)cc3)[C@@H]2C1. The first-order valence-electron chi connectivity index (χ1n) is 12.0. The maximum atomic E-state index is 14.2. The first-order chi connectivity index (χ1) is 16.7. The lowest BCUT2D eigenvalue weighted by Gasteiger charge is -2.57. The van der Waals surface area contributed by atoms with Gasteiger partial charge in [0.05, 0.1) is 6.61 Å². The first kappa shape index (κ1) is 22.6. The molecule has 3 aromatic rings. The number of aliphatic hydroxyl groups is 1. The molecule has 0 radical (unpaired) electrons. The number of carbonyl (C=O) groups is 1. The lowest BCUT2D eigenvalue weighted by molar-refractivity contribution is -0.0585. The molecular weight excluding hydrogens is 429 g/mol. The number of hydrogen-bond donors (Lipinski definition) is 2. The van der Waals surface area contributed by atoms with E-state index >= 15 is 0 Å². The molecule has 2 heterocycles. The van der Waals surface area contributed by atoms with Crippen LogP contribution in [0.4, 0.5) is 14.9 Å². The molecule has 2 saturated heterocycles. The number of urea groups is 1. The third-order valence-corrected chi connectivity index (χ3v) is 7.16. The van der Waals surface area contributed by atoms with Gasteiger partial charge in [-0.3, -0.25) is 4.90 Å². The molecule has 5 nitrogen and oxygen atoms in total. The third-order valence-electron chi connectivity index (χ3n) is 7.16. The van der Waals surface area contributed by atoms with Crippen molar-refractivity contribution in [2.24, 2.45) is 0 Å². The van der Waals surface area contributed by atoms with Crippen molar-refractivity contribution in [2.45, 2.75) is 30.8 Å². The zero-order valence-corrected chi connectivity index (χ0v) is 19.1. The Bertz CT molecular complexity index is 1120. The van der Waals surface area contributed by atoms with E-state index in [2.05, 4.69) is 10.2 Å². The quantitative estimate of drug-likeness (QED) is 0.581. The molecule has 0 spiro atoms. The molecule has 34 heavy (non-hydrogen) atoms. The Balaban J connectivity index is 1.36. The Kier molecular flexibility index (Phi) is 6.61. The molecule has 0 bridgehead atoms. The van der Waals surface area contributed by atoms with Crippen LogP contribution in [-0.4, -0.2) is 59.3 Å². The highest BCUT2D eigenvalue weighted by Crippen LogP contribution is 2.42. The van der Waals surface area contributed by atoms with Crippen LogP contribution in [0.5, 0.6) is 0 Å². The fourth-order valence-electron chi connectivity index (χ4n) is 5.43. The molecule has 176 valence electrons. The van der Waals surface area contributed by atoms with Gasteiger partial charge in [-0.25, -0.2) is 9.18 Å². The van der Waals surface area contributed by atoms with Gasteiger partial charge in [0, 0.05) is 42.3 Å². The molecule has 2 amide bonds. The van der Waals surface area contributed by atoms with E-state index in [1.54, 1.807) is 12.1 Å². The lowest BCUT2D eigenvalue weighted by atomic mass is 9.74. The van der Waals surface area contributed by atoms with Crippen LogP contribution in [0.1, 0.15) is 24.3 Å². The minimum atomic E-state index is -0.238. The van der Waals surface area contributed by atoms with Crippen molar-refractivity contribution < 1.29 is 14.3 Å². The second kappa shape index (κ2) is 9.95. The summed E-state index contributed by atoms with van der Waals surface area (Å²) in [6, 6.07) is 24.4. The van der Waals surface area contributed by atoms with Crippen molar-refractivity contribution in [3.05, 3.63) is 90.2 Å². The van der Waals surface area contributed by atoms with Crippen LogP contribution < -0.4 is 5.32 Å². The summed E-state index contributed by atoms with van der Waals surface area (Å²) in [5.74, 6) is -0.122. The van der Waals surface area contributed by atoms with Crippen molar-refractivity contribution in [1.82, 2.24) is 9.80 Å². The summed E-state index contributed by atoms with van der Waals surface area (Å²) in [6.07, 6.45) is 1.92. The van der Waals surface area contributed by atoms with Gasteiger partial charge in [-0.2, -0.15) is 0 Å². The predicted octanol–water partition coefficient (Wildman–Crippen LogP) is 4.95. The van der Waals surface area contributed by atoms with Gasteiger partial charge in [0.1, 0.15) is 5.82 Å². The van der Waals surface area contributed by atoms with Gasteiger partial charge in [-0.15, -0.1) is 0 Å². The summed E-state index contributed by atoms with van der Waals surface area (Å²) in [6.45, 7) is 2.32. The number of rotatable bonds is 4. The lowest BCUT2D eigenvalue weighted by Crippen LogP contribution is -2.68. The van der Waals surface area contributed by atoms with Crippen LogP contribution in [0.2, 0.25) is 0 Å². The van der Waals surface area contributed by atoms with Gasteiger partial charge in [0.15, 0.2) is 0 Å². The first-order valence-corrected chi connectivity index (χ1v) is 12.0. The van der Waals surface area contributed by atoms with Crippen LogP contribution in [0.15, 0.2) is 78.9 Å². The number of nitrogens with zero attached hydrogens (tertiary/aromatic N) is 2. The van der Waals surface area contributed by atoms with Crippen molar-refractivity contribution in [1.29, 1.82) is 0 Å². The predicted molar refractivity (Wildman–Crippen MR) is 132 cm³/mol. The van der Waals surface area contributed by atoms with E-state index in [9.17, 15) is 14.3 Å². The number of anilines is 1. The molecule has 2 aliphatic heterocycles. The monoisotopic (exact) mass is 459 g/mol. The summed E-state index contributed by atoms with van der Waals surface area (Å²) in [5, 5.41) is 13.2. The van der Waals surface area contributed by atoms with Crippen molar-refractivity contribution in [2.75, 3.05) is 31.6 Å². The molecule has 6 heteroatoms. The minimum Gasteiger partial charge on any atom is -0.395 e. The van der Waals surface area contributed by atoms with E-state index in [1.165, 1.54) is 6.07 Å². The number of aliphatic hydroxyl groups excluding tert-OH is 1. The van der Waals surface area contributed by atoms with E-state index in [4.69, 9.17) is 0 Å². The molecule has 0 aliphatic carbocycles. The number of hydrogen-bond acceptors (Lipinski definition) is 3. The zero-order valence-electron chi connectivity index (χ0n) is 19.1. The third kappa shape index (κ3) is 4.43. The fourth-order valence-corrected chi connectivity index (χ4v) is 5.43. The highest BCUT2D eigenvalue weighted by molar-refractivity contribution is 5.89. The van der Waals surface area contributed by atoms with E-state index < -0.39 is 0 Å². The maximum Gasteiger partial charge on any atom is 0.321 e. The van der Waals surface area contributed by atoms with Crippen LogP contribution in [0.3, 0.4) is 0 Å². The van der Waals surface area contributed by atoms with Crippen molar-refractivity contribution in [3.8, 4) is 11.1 Å².